The Kier molecular flexibility index (Phi) is 2.88. The smallest absolute Gasteiger partial charge is 0.122 e. The summed E-state index contributed by atoms with van der Waals surface area (Å²) in [7, 11) is 0. The third-order valence-electron chi connectivity index (χ3n) is 3.50. The average Bonchev–Trinajstić information content (AvgIpc) is 3.16. The largest absolute Gasteiger partial charge is 0.382 e. The van der Waals surface area contributed by atoms with Crippen LogP contribution in [-0.4, -0.2) is 20.1 Å². The van der Waals surface area contributed by atoms with E-state index in [2.05, 4.69) is 22.4 Å². The van der Waals surface area contributed by atoms with Gasteiger partial charge in [0, 0.05) is 6.54 Å². The minimum atomic E-state index is -0.640. The van der Waals surface area contributed by atoms with E-state index >= 15 is 0 Å². The number of hydrogen-bond donors (Lipinski definition) is 1. The zero-order valence-corrected chi connectivity index (χ0v) is 10.5. The summed E-state index contributed by atoms with van der Waals surface area (Å²) in [6, 6.07) is 8.23. The summed E-state index contributed by atoms with van der Waals surface area (Å²) in [5.74, 6) is 0.700. The average molecular weight is 243 g/mol. The predicted molar refractivity (Wildman–Crippen MR) is 68.2 cm³/mol. The molecular formula is C14H17N3O. The molecule has 1 aromatic heterocycles. The molecule has 1 aliphatic carbocycles. The van der Waals surface area contributed by atoms with Crippen LogP contribution in [0.3, 0.4) is 0 Å². The van der Waals surface area contributed by atoms with Gasteiger partial charge in [-0.15, -0.1) is 5.10 Å². The molecule has 0 saturated heterocycles. The van der Waals surface area contributed by atoms with Gasteiger partial charge in [0.05, 0.1) is 11.9 Å². The highest BCUT2D eigenvalue weighted by atomic mass is 16.3. The molecule has 0 radical (unpaired) electrons. The molecule has 0 aliphatic heterocycles. The molecule has 3 rings (SSSR count). The van der Waals surface area contributed by atoms with Crippen LogP contribution in [0, 0.1) is 0 Å². The number of benzene rings is 1. The second kappa shape index (κ2) is 4.53. The zero-order valence-electron chi connectivity index (χ0n) is 10.5. The van der Waals surface area contributed by atoms with Gasteiger partial charge < -0.3 is 5.11 Å². The molecule has 1 saturated carbocycles. The lowest BCUT2D eigenvalue weighted by atomic mass is 10.0. The molecule has 4 heteroatoms. The fourth-order valence-corrected chi connectivity index (χ4v) is 2.29. The third-order valence-corrected chi connectivity index (χ3v) is 3.50. The summed E-state index contributed by atoms with van der Waals surface area (Å²) in [6.45, 7) is 2.71. The maximum atomic E-state index is 10.4. The molecule has 1 unspecified atom stereocenters. The van der Waals surface area contributed by atoms with E-state index in [9.17, 15) is 5.11 Å². The highest BCUT2D eigenvalue weighted by molar-refractivity contribution is 5.33. The highest BCUT2D eigenvalue weighted by Crippen LogP contribution is 2.40. The highest BCUT2D eigenvalue weighted by Gasteiger charge is 2.24. The molecule has 1 aromatic carbocycles. The molecule has 0 spiro atoms. The summed E-state index contributed by atoms with van der Waals surface area (Å²) in [4.78, 5) is 0. The Balaban J connectivity index is 1.91. The number of aliphatic hydroxyl groups excluding tert-OH is 1. The molecule has 4 nitrogen and oxygen atoms in total. The quantitative estimate of drug-likeness (QED) is 0.896. The SMILES string of the molecule is CCn1nncc1C(O)c1cccc(C2CC2)c1. The van der Waals surface area contributed by atoms with Gasteiger partial charge in [-0.05, 0) is 36.8 Å². The molecule has 1 heterocycles. The lowest BCUT2D eigenvalue weighted by molar-refractivity contribution is 0.208. The van der Waals surface area contributed by atoms with Crippen LogP contribution in [0.4, 0.5) is 0 Å². The van der Waals surface area contributed by atoms with Crippen molar-refractivity contribution in [2.45, 2.75) is 38.3 Å². The molecule has 1 atom stereocenters. The van der Waals surface area contributed by atoms with Crippen LogP contribution < -0.4 is 0 Å². The van der Waals surface area contributed by atoms with Crippen LogP contribution >= 0.6 is 0 Å². The normalized spacial score (nSPS) is 16.8. The van der Waals surface area contributed by atoms with Crippen molar-refractivity contribution >= 4 is 0 Å². The third kappa shape index (κ3) is 2.04. The van der Waals surface area contributed by atoms with Crippen molar-refractivity contribution in [3.8, 4) is 0 Å². The number of nitrogens with zero attached hydrogens (tertiary/aromatic N) is 3. The summed E-state index contributed by atoms with van der Waals surface area (Å²) in [6.07, 6.45) is 3.54. The molecule has 0 amide bonds. The van der Waals surface area contributed by atoms with Gasteiger partial charge in [-0.1, -0.05) is 29.5 Å². The van der Waals surface area contributed by atoms with Crippen LogP contribution in [0.5, 0.6) is 0 Å². The lowest BCUT2D eigenvalue weighted by Crippen LogP contribution is -2.09. The van der Waals surface area contributed by atoms with E-state index in [1.54, 1.807) is 10.9 Å². The number of hydrogen-bond acceptors (Lipinski definition) is 3. The van der Waals surface area contributed by atoms with Gasteiger partial charge in [0.2, 0.25) is 0 Å². The number of aliphatic hydroxyl groups is 1. The summed E-state index contributed by atoms with van der Waals surface area (Å²) < 4.78 is 1.73. The van der Waals surface area contributed by atoms with Gasteiger partial charge in [-0.2, -0.15) is 0 Å². The first-order valence-electron chi connectivity index (χ1n) is 6.46. The Morgan fingerprint density at radius 2 is 2.28 bits per heavy atom. The van der Waals surface area contributed by atoms with Gasteiger partial charge in [0.25, 0.3) is 0 Å². The predicted octanol–water partition coefficient (Wildman–Crippen LogP) is 2.26. The van der Waals surface area contributed by atoms with Crippen LogP contribution in [0.1, 0.15) is 48.6 Å². The van der Waals surface area contributed by atoms with E-state index in [0.717, 1.165) is 11.3 Å². The molecule has 18 heavy (non-hydrogen) atoms. The molecule has 1 fully saturated rings. The van der Waals surface area contributed by atoms with Crippen molar-refractivity contribution in [2.24, 2.45) is 0 Å². The first-order valence-corrected chi connectivity index (χ1v) is 6.46. The topological polar surface area (TPSA) is 50.9 Å². The van der Waals surface area contributed by atoms with Crippen molar-refractivity contribution in [1.82, 2.24) is 15.0 Å². The van der Waals surface area contributed by atoms with E-state index in [0.29, 0.717) is 12.5 Å². The molecule has 2 aromatic rings. The molecule has 1 aliphatic rings. The summed E-state index contributed by atoms with van der Waals surface area (Å²) >= 11 is 0. The van der Waals surface area contributed by atoms with E-state index in [-0.39, 0.29) is 0 Å². The van der Waals surface area contributed by atoms with Crippen molar-refractivity contribution in [1.29, 1.82) is 0 Å². The second-order valence-corrected chi connectivity index (χ2v) is 4.82. The fourth-order valence-electron chi connectivity index (χ4n) is 2.29. The number of aryl methyl sites for hydroxylation is 1. The van der Waals surface area contributed by atoms with Crippen molar-refractivity contribution < 1.29 is 5.11 Å². The Hall–Kier alpha value is -1.68. The van der Waals surface area contributed by atoms with E-state index < -0.39 is 6.10 Å². The van der Waals surface area contributed by atoms with Crippen LogP contribution in [-0.2, 0) is 6.54 Å². The van der Waals surface area contributed by atoms with Gasteiger partial charge in [0.1, 0.15) is 6.10 Å². The van der Waals surface area contributed by atoms with E-state index in [4.69, 9.17) is 0 Å². The maximum Gasteiger partial charge on any atom is 0.122 e. The Morgan fingerprint density at radius 1 is 1.44 bits per heavy atom. The van der Waals surface area contributed by atoms with Crippen LogP contribution in [0.2, 0.25) is 0 Å². The summed E-state index contributed by atoms with van der Waals surface area (Å²) in [5, 5.41) is 18.2. The standard InChI is InChI=1S/C14H17N3O/c1-2-17-13(9-15-16-17)14(18)12-5-3-4-11(8-12)10-6-7-10/h3-5,8-10,14,18H,2,6-7H2,1H3. The zero-order chi connectivity index (χ0) is 12.5. The van der Waals surface area contributed by atoms with Gasteiger partial charge >= 0.3 is 0 Å². The van der Waals surface area contributed by atoms with Crippen LogP contribution in [0.15, 0.2) is 30.5 Å². The molecule has 0 bridgehead atoms. The lowest BCUT2D eigenvalue weighted by Gasteiger charge is -2.12. The van der Waals surface area contributed by atoms with Gasteiger partial charge in [-0.3, -0.25) is 0 Å². The van der Waals surface area contributed by atoms with Gasteiger partial charge in [0.15, 0.2) is 0 Å². The van der Waals surface area contributed by atoms with Crippen molar-refractivity contribution in [3.05, 3.63) is 47.3 Å². The van der Waals surface area contributed by atoms with Crippen LogP contribution in [0.25, 0.3) is 0 Å². The Morgan fingerprint density at radius 3 is 3.00 bits per heavy atom. The van der Waals surface area contributed by atoms with E-state index in [1.165, 1.54) is 18.4 Å². The first-order chi connectivity index (χ1) is 8.79. The molecule has 1 N–H and O–H groups in total. The molecular weight excluding hydrogens is 226 g/mol. The van der Waals surface area contributed by atoms with Crippen molar-refractivity contribution in [2.75, 3.05) is 0 Å². The first kappa shape index (κ1) is 11.4. The second-order valence-electron chi connectivity index (χ2n) is 4.82. The summed E-state index contributed by atoms with van der Waals surface area (Å²) in [5.41, 5.74) is 3.02. The monoisotopic (exact) mass is 243 g/mol. The van der Waals surface area contributed by atoms with Gasteiger partial charge in [-0.25, -0.2) is 4.68 Å². The maximum absolute atomic E-state index is 10.4. The Labute approximate surface area is 106 Å². The number of aromatic nitrogens is 3. The van der Waals surface area contributed by atoms with E-state index in [1.807, 2.05) is 19.1 Å². The minimum absolute atomic E-state index is 0.640. The minimum Gasteiger partial charge on any atom is -0.382 e. The van der Waals surface area contributed by atoms with Crippen molar-refractivity contribution in [3.63, 3.8) is 0 Å². The number of rotatable bonds is 4. The fraction of sp³-hybridized carbons (Fsp3) is 0.429. The Bertz CT molecular complexity index is 545. The molecule has 94 valence electrons.